The van der Waals surface area contributed by atoms with E-state index in [0.717, 1.165) is 28.1 Å². The number of methoxy groups -OCH3 is 1. The van der Waals surface area contributed by atoms with E-state index in [1.54, 1.807) is 24.9 Å². The van der Waals surface area contributed by atoms with Gasteiger partial charge in [0.1, 0.15) is 5.75 Å². The van der Waals surface area contributed by atoms with Crippen molar-refractivity contribution in [1.29, 1.82) is 0 Å². The van der Waals surface area contributed by atoms with E-state index in [1.807, 2.05) is 31.2 Å². The molecule has 5 heteroatoms. The first kappa shape index (κ1) is 15.3. The lowest BCUT2D eigenvalue weighted by Gasteiger charge is -2.20. The monoisotopic (exact) mass is 333 g/mol. The van der Waals surface area contributed by atoms with Gasteiger partial charge in [-0.1, -0.05) is 23.7 Å². The molecule has 0 fully saturated rings. The Labute approximate surface area is 139 Å². The predicted molar refractivity (Wildman–Crippen MR) is 92.1 cm³/mol. The summed E-state index contributed by atoms with van der Waals surface area (Å²) in [6, 6.07) is 11.6. The summed E-state index contributed by atoms with van der Waals surface area (Å²) in [7, 11) is 1.67. The number of anilines is 1. The second kappa shape index (κ2) is 6.23. The molecule has 0 aromatic heterocycles. The number of amides is 1. The van der Waals surface area contributed by atoms with Gasteiger partial charge in [-0.25, -0.2) is 0 Å². The number of fused-ring (bicyclic) bond motifs is 1. The lowest BCUT2D eigenvalue weighted by atomic mass is 9.98. The largest absolute Gasteiger partial charge is 0.496 e. The fraction of sp³-hybridized carbons (Fsp3) is 0.235. The average Bonchev–Trinajstić information content (AvgIpc) is 2.66. The number of benzene rings is 2. The summed E-state index contributed by atoms with van der Waals surface area (Å²) in [5.74, 6) is 1.27. The van der Waals surface area contributed by atoms with E-state index in [9.17, 15) is 4.79 Å². The first-order valence-corrected chi connectivity index (χ1v) is 8.37. The quantitative estimate of drug-likeness (QED) is 0.883. The van der Waals surface area contributed by atoms with Crippen molar-refractivity contribution in [3.05, 3.63) is 58.1 Å². The maximum absolute atomic E-state index is 11.9. The van der Waals surface area contributed by atoms with E-state index >= 15 is 0 Å². The Hall–Kier alpha value is -1.65. The van der Waals surface area contributed by atoms with Crippen molar-refractivity contribution >= 4 is 35.0 Å². The molecule has 2 aromatic rings. The highest BCUT2D eigenvalue weighted by Crippen LogP contribution is 2.44. The summed E-state index contributed by atoms with van der Waals surface area (Å²) >= 11 is 7.77. The Kier molecular flexibility index (Phi) is 4.32. The summed E-state index contributed by atoms with van der Waals surface area (Å²) in [6.07, 6.45) is 0. The van der Waals surface area contributed by atoms with Gasteiger partial charge in [0, 0.05) is 10.7 Å². The summed E-state index contributed by atoms with van der Waals surface area (Å²) < 4.78 is 5.42. The molecule has 2 aromatic carbocycles. The Balaban J connectivity index is 2.15. The second-order valence-corrected chi connectivity index (χ2v) is 6.68. The normalized spacial score (nSPS) is 17.4. The minimum atomic E-state index is 0.0108. The number of hydrogen-bond donors (Lipinski definition) is 1. The molecule has 1 heterocycles. The summed E-state index contributed by atoms with van der Waals surface area (Å²) in [5.41, 5.74) is 4.08. The molecule has 0 bridgehead atoms. The molecule has 1 aliphatic rings. The molecule has 0 aliphatic carbocycles. The second-order valence-electron chi connectivity index (χ2n) is 5.15. The van der Waals surface area contributed by atoms with E-state index in [0.29, 0.717) is 10.8 Å². The van der Waals surface area contributed by atoms with Crippen LogP contribution in [0.1, 0.15) is 21.9 Å². The molecule has 0 saturated carbocycles. The third-order valence-electron chi connectivity index (χ3n) is 3.78. The minimum absolute atomic E-state index is 0.0108. The van der Waals surface area contributed by atoms with Crippen LogP contribution in [0.2, 0.25) is 5.02 Å². The van der Waals surface area contributed by atoms with E-state index in [2.05, 4.69) is 11.4 Å². The van der Waals surface area contributed by atoms with Gasteiger partial charge in [0.25, 0.3) is 0 Å². The van der Waals surface area contributed by atoms with Crippen molar-refractivity contribution in [2.24, 2.45) is 0 Å². The zero-order valence-electron chi connectivity index (χ0n) is 12.4. The molecule has 3 nitrogen and oxygen atoms in total. The fourth-order valence-corrected chi connectivity index (χ4v) is 4.07. The number of ether oxygens (including phenoxy) is 1. The molecule has 1 aliphatic heterocycles. The Morgan fingerprint density at radius 3 is 2.86 bits per heavy atom. The van der Waals surface area contributed by atoms with Crippen molar-refractivity contribution in [3.8, 4) is 5.75 Å². The van der Waals surface area contributed by atoms with E-state index in [-0.39, 0.29) is 11.2 Å². The smallest absolute Gasteiger partial charge is 0.234 e. The van der Waals surface area contributed by atoms with E-state index in [4.69, 9.17) is 16.3 Å². The van der Waals surface area contributed by atoms with Crippen molar-refractivity contribution in [1.82, 2.24) is 0 Å². The van der Waals surface area contributed by atoms with Gasteiger partial charge in [0.15, 0.2) is 0 Å². The molecule has 1 atom stereocenters. The van der Waals surface area contributed by atoms with Crippen LogP contribution < -0.4 is 10.1 Å². The Bertz CT molecular complexity index is 733. The molecule has 1 N–H and O–H groups in total. The SMILES string of the molecule is COc1cccc([C@H]2SCC(=O)Nc3ccc(Cl)cc32)c1C. The van der Waals surface area contributed by atoms with E-state index in [1.165, 1.54) is 0 Å². The van der Waals surface area contributed by atoms with Crippen LogP contribution in [0.5, 0.6) is 5.75 Å². The fourth-order valence-electron chi connectivity index (χ4n) is 2.69. The molecular formula is C17H16ClNO2S. The number of hydrogen-bond acceptors (Lipinski definition) is 3. The first-order valence-electron chi connectivity index (χ1n) is 6.94. The van der Waals surface area contributed by atoms with Crippen molar-refractivity contribution < 1.29 is 9.53 Å². The maximum Gasteiger partial charge on any atom is 0.234 e. The lowest BCUT2D eigenvalue weighted by Crippen LogP contribution is -2.12. The minimum Gasteiger partial charge on any atom is -0.496 e. The molecule has 3 rings (SSSR count). The van der Waals surface area contributed by atoms with Crippen LogP contribution in [0.4, 0.5) is 5.69 Å². The average molecular weight is 334 g/mol. The van der Waals surface area contributed by atoms with Gasteiger partial charge in [0.05, 0.1) is 18.1 Å². The predicted octanol–water partition coefficient (Wildman–Crippen LogP) is 4.43. The Morgan fingerprint density at radius 2 is 2.09 bits per heavy atom. The standard InChI is InChI=1S/C17H16ClNO2S/c1-10-12(4-3-5-15(10)21-2)17-13-8-11(18)6-7-14(13)19-16(20)9-22-17/h3-8,17H,9H2,1-2H3,(H,19,20)/t17-/m1/s1. The van der Waals surface area contributed by atoms with Crippen molar-refractivity contribution in [2.45, 2.75) is 12.2 Å². The molecular weight excluding hydrogens is 318 g/mol. The molecule has 114 valence electrons. The Morgan fingerprint density at radius 1 is 1.27 bits per heavy atom. The zero-order valence-corrected chi connectivity index (χ0v) is 13.9. The van der Waals surface area contributed by atoms with Crippen LogP contribution in [-0.2, 0) is 4.79 Å². The number of halogens is 1. The summed E-state index contributed by atoms with van der Waals surface area (Å²) in [6.45, 7) is 2.04. The van der Waals surface area contributed by atoms with Gasteiger partial charge in [-0.2, -0.15) is 0 Å². The highest BCUT2D eigenvalue weighted by Gasteiger charge is 2.26. The molecule has 0 saturated heterocycles. The topological polar surface area (TPSA) is 38.3 Å². The summed E-state index contributed by atoms with van der Waals surface area (Å²) in [5, 5.41) is 3.66. The van der Waals surface area contributed by atoms with Crippen LogP contribution in [0.3, 0.4) is 0 Å². The highest BCUT2D eigenvalue weighted by molar-refractivity contribution is 8.00. The zero-order chi connectivity index (χ0) is 15.7. The number of carbonyl (C=O) groups is 1. The third kappa shape index (κ3) is 2.81. The molecule has 0 spiro atoms. The van der Waals surface area contributed by atoms with Crippen molar-refractivity contribution in [2.75, 3.05) is 18.2 Å². The number of carbonyl (C=O) groups excluding carboxylic acids is 1. The van der Waals surface area contributed by atoms with Crippen LogP contribution >= 0.6 is 23.4 Å². The van der Waals surface area contributed by atoms with E-state index < -0.39 is 0 Å². The third-order valence-corrected chi connectivity index (χ3v) is 5.28. The van der Waals surface area contributed by atoms with Gasteiger partial charge in [-0.05, 0) is 47.9 Å². The van der Waals surface area contributed by atoms with Crippen LogP contribution in [0.25, 0.3) is 0 Å². The van der Waals surface area contributed by atoms with Gasteiger partial charge in [0.2, 0.25) is 5.91 Å². The van der Waals surface area contributed by atoms with Crippen molar-refractivity contribution in [3.63, 3.8) is 0 Å². The lowest BCUT2D eigenvalue weighted by molar-refractivity contribution is -0.113. The van der Waals surface area contributed by atoms with Crippen LogP contribution in [-0.4, -0.2) is 18.8 Å². The van der Waals surface area contributed by atoms with Gasteiger partial charge >= 0.3 is 0 Å². The molecule has 0 radical (unpaired) electrons. The van der Waals surface area contributed by atoms with Crippen LogP contribution in [0.15, 0.2) is 36.4 Å². The van der Waals surface area contributed by atoms with Gasteiger partial charge < -0.3 is 10.1 Å². The highest BCUT2D eigenvalue weighted by atomic mass is 35.5. The number of nitrogens with one attached hydrogen (secondary N) is 1. The van der Waals surface area contributed by atoms with Crippen LogP contribution in [0, 0.1) is 6.92 Å². The molecule has 1 amide bonds. The van der Waals surface area contributed by atoms with Gasteiger partial charge in [-0.15, -0.1) is 11.8 Å². The maximum atomic E-state index is 11.9. The number of thioether (sulfide) groups is 1. The molecule has 22 heavy (non-hydrogen) atoms. The molecule has 0 unspecified atom stereocenters. The first-order chi connectivity index (χ1) is 10.6. The summed E-state index contributed by atoms with van der Waals surface area (Å²) in [4.78, 5) is 11.9. The number of rotatable bonds is 2. The van der Waals surface area contributed by atoms with Gasteiger partial charge in [-0.3, -0.25) is 4.79 Å².